The summed E-state index contributed by atoms with van der Waals surface area (Å²) in [6.45, 7) is 3.20. The minimum Gasteiger partial charge on any atom is -0.490 e. The van der Waals surface area contributed by atoms with Gasteiger partial charge in [-0.3, -0.25) is 0 Å². The van der Waals surface area contributed by atoms with Crippen LogP contribution >= 0.6 is 0 Å². The van der Waals surface area contributed by atoms with Crippen molar-refractivity contribution >= 4 is 22.4 Å². The number of hydrogen-bond donors (Lipinski definition) is 0. The van der Waals surface area contributed by atoms with Crippen LogP contribution < -0.4 is 9.64 Å². The molecule has 0 aliphatic heterocycles. The Morgan fingerprint density at radius 1 is 1.00 bits per heavy atom. The van der Waals surface area contributed by atoms with Gasteiger partial charge in [0.15, 0.2) is 0 Å². The molecule has 0 heterocycles. The molecule has 2 atom stereocenters. The van der Waals surface area contributed by atoms with E-state index >= 15 is 0 Å². The van der Waals surface area contributed by atoms with Gasteiger partial charge in [-0.15, -0.1) is 0 Å². The van der Waals surface area contributed by atoms with Crippen molar-refractivity contribution in [2.45, 2.75) is 38.3 Å². The molecule has 4 heteroatoms. The molecule has 1 fully saturated rings. The van der Waals surface area contributed by atoms with Crippen molar-refractivity contribution in [1.82, 2.24) is 0 Å². The van der Waals surface area contributed by atoms with Crippen LogP contribution in [-0.2, 0) is 4.74 Å². The second-order valence-corrected chi connectivity index (χ2v) is 7.51. The molecule has 1 saturated carbocycles. The Labute approximate surface area is 172 Å². The number of benzene rings is 3. The third-order valence-electron chi connectivity index (χ3n) is 5.79. The molecule has 1 aliphatic carbocycles. The van der Waals surface area contributed by atoms with E-state index in [9.17, 15) is 4.79 Å². The Bertz CT molecular complexity index is 978. The van der Waals surface area contributed by atoms with Crippen molar-refractivity contribution in [3.63, 3.8) is 0 Å². The van der Waals surface area contributed by atoms with Gasteiger partial charge in [-0.05, 0) is 55.5 Å². The van der Waals surface area contributed by atoms with Crippen molar-refractivity contribution in [2.75, 3.05) is 18.6 Å². The highest BCUT2D eigenvalue weighted by Gasteiger charge is 2.30. The first kappa shape index (κ1) is 19.3. The van der Waals surface area contributed by atoms with Gasteiger partial charge >= 0.3 is 5.97 Å². The van der Waals surface area contributed by atoms with Gasteiger partial charge in [-0.2, -0.15) is 0 Å². The second kappa shape index (κ2) is 8.56. The molecular formula is C25H27NO3. The van der Waals surface area contributed by atoms with Crippen molar-refractivity contribution in [3.8, 4) is 5.75 Å². The molecule has 0 spiro atoms. The van der Waals surface area contributed by atoms with E-state index in [4.69, 9.17) is 9.47 Å². The first-order chi connectivity index (χ1) is 14.2. The molecule has 4 rings (SSSR count). The quantitative estimate of drug-likeness (QED) is 0.525. The van der Waals surface area contributed by atoms with Crippen LogP contribution in [0.15, 0.2) is 66.7 Å². The molecule has 0 N–H and O–H groups in total. The smallest absolute Gasteiger partial charge is 0.337 e. The normalized spacial score (nSPS) is 18.6. The number of ether oxygens (including phenoxy) is 2. The summed E-state index contributed by atoms with van der Waals surface area (Å²) in [4.78, 5) is 14.1. The third kappa shape index (κ3) is 4.07. The average molecular weight is 389 g/mol. The van der Waals surface area contributed by atoms with E-state index in [-0.39, 0.29) is 12.1 Å². The molecule has 29 heavy (non-hydrogen) atoms. The van der Waals surface area contributed by atoms with Crippen LogP contribution in [0.4, 0.5) is 5.69 Å². The van der Waals surface area contributed by atoms with Gasteiger partial charge < -0.3 is 14.4 Å². The maximum atomic E-state index is 11.6. The highest BCUT2D eigenvalue weighted by atomic mass is 16.5. The first-order valence-corrected chi connectivity index (χ1v) is 10.3. The standard InChI is InChI=1S/C25H27NO3/c1-3-26(24-10-6-8-18-7-4-5-9-23(18)24)20-13-16-22(17-20)29-21-14-11-19(12-15-21)25(27)28-2/h4-12,14-15,20,22H,3,13,16-17H2,1-2H3. The predicted octanol–water partition coefficient (Wildman–Crippen LogP) is 5.45. The van der Waals surface area contributed by atoms with E-state index in [1.54, 1.807) is 12.1 Å². The van der Waals surface area contributed by atoms with E-state index in [0.29, 0.717) is 11.6 Å². The Morgan fingerprint density at radius 3 is 2.52 bits per heavy atom. The minimum absolute atomic E-state index is 0.188. The lowest BCUT2D eigenvalue weighted by molar-refractivity contribution is 0.0600. The molecule has 3 aromatic rings. The highest BCUT2D eigenvalue weighted by molar-refractivity contribution is 5.94. The molecule has 0 saturated heterocycles. The van der Waals surface area contributed by atoms with Crippen LogP contribution in [0.25, 0.3) is 10.8 Å². The number of fused-ring (bicyclic) bond motifs is 1. The summed E-state index contributed by atoms with van der Waals surface area (Å²) >= 11 is 0. The Balaban J connectivity index is 1.46. The molecule has 2 unspecified atom stereocenters. The van der Waals surface area contributed by atoms with E-state index in [1.165, 1.54) is 23.6 Å². The van der Waals surface area contributed by atoms with Crippen LogP contribution in [0.3, 0.4) is 0 Å². The lowest BCUT2D eigenvalue weighted by Gasteiger charge is -2.31. The van der Waals surface area contributed by atoms with Crippen LogP contribution in [0.2, 0.25) is 0 Å². The number of esters is 1. The van der Waals surface area contributed by atoms with Gasteiger partial charge in [0.2, 0.25) is 0 Å². The van der Waals surface area contributed by atoms with Gasteiger partial charge in [0.05, 0.1) is 12.7 Å². The zero-order chi connectivity index (χ0) is 20.2. The second-order valence-electron chi connectivity index (χ2n) is 7.51. The van der Waals surface area contributed by atoms with Gasteiger partial charge in [0.25, 0.3) is 0 Å². The number of methoxy groups -OCH3 is 1. The fourth-order valence-corrected chi connectivity index (χ4v) is 4.37. The lowest BCUT2D eigenvalue weighted by atomic mass is 10.1. The topological polar surface area (TPSA) is 38.8 Å². The summed E-state index contributed by atoms with van der Waals surface area (Å²) in [5, 5.41) is 2.58. The van der Waals surface area contributed by atoms with Gasteiger partial charge in [-0.1, -0.05) is 36.4 Å². The van der Waals surface area contributed by atoms with Crippen LogP contribution in [0.1, 0.15) is 36.5 Å². The number of carbonyl (C=O) groups is 1. The molecule has 1 aliphatic rings. The number of nitrogens with zero attached hydrogens (tertiary/aromatic N) is 1. The summed E-state index contributed by atoms with van der Waals surface area (Å²) in [5.74, 6) is 0.475. The van der Waals surface area contributed by atoms with E-state index in [1.807, 2.05) is 12.1 Å². The SMILES string of the molecule is CCN(c1cccc2ccccc12)C1CCC(Oc2ccc(C(=O)OC)cc2)C1. The van der Waals surface area contributed by atoms with Crippen molar-refractivity contribution in [3.05, 3.63) is 72.3 Å². The number of rotatable bonds is 6. The van der Waals surface area contributed by atoms with Crippen LogP contribution in [0, 0.1) is 0 Å². The Morgan fingerprint density at radius 2 is 1.76 bits per heavy atom. The van der Waals surface area contributed by atoms with Gasteiger partial charge in [0, 0.05) is 30.1 Å². The summed E-state index contributed by atoms with van der Waals surface area (Å²) in [6.07, 6.45) is 3.33. The van der Waals surface area contributed by atoms with E-state index < -0.39 is 0 Å². The maximum absolute atomic E-state index is 11.6. The molecule has 0 radical (unpaired) electrons. The largest absolute Gasteiger partial charge is 0.490 e. The fraction of sp³-hybridized carbons (Fsp3) is 0.320. The Hall–Kier alpha value is -3.01. The number of hydrogen-bond acceptors (Lipinski definition) is 4. The molecule has 0 bridgehead atoms. The molecule has 3 aromatic carbocycles. The van der Waals surface area contributed by atoms with E-state index in [2.05, 4.69) is 54.3 Å². The summed E-state index contributed by atoms with van der Waals surface area (Å²) in [7, 11) is 1.39. The summed E-state index contributed by atoms with van der Waals surface area (Å²) < 4.78 is 11.0. The Kier molecular flexibility index (Phi) is 5.70. The fourth-order valence-electron chi connectivity index (χ4n) is 4.37. The van der Waals surface area contributed by atoms with Crippen LogP contribution in [-0.4, -0.2) is 31.8 Å². The zero-order valence-electron chi connectivity index (χ0n) is 17.0. The molecule has 0 aromatic heterocycles. The average Bonchev–Trinajstić information content (AvgIpc) is 3.22. The summed E-state index contributed by atoms with van der Waals surface area (Å²) in [5.41, 5.74) is 1.84. The number of carbonyl (C=O) groups excluding carboxylic acids is 1. The van der Waals surface area contributed by atoms with Crippen molar-refractivity contribution in [2.24, 2.45) is 0 Å². The van der Waals surface area contributed by atoms with Crippen molar-refractivity contribution in [1.29, 1.82) is 0 Å². The molecule has 150 valence electrons. The lowest BCUT2D eigenvalue weighted by Crippen LogP contribution is -2.34. The first-order valence-electron chi connectivity index (χ1n) is 10.3. The molecule has 4 nitrogen and oxygen atoms in total. The molecular weight excluding hydrogens is 362 g/mol. The maximum Gasteiger partial charge on any atom is 0.337 e. The third-order valence-corrected chi connectivity index (χ3v) is 5.79. The van der Waals surface area contributed by atoms with E-state index in [0.717, 1.165) is 31.6 Å². The summed E-state index contributed by atoms with van der Waals surface area (Å²) in [6, 6.07) is 22.8. The van der Waals surface area contributed by atoms with Crippen molar-refractivity contribution < 1.29 is 14.3 Å². The molecule has 0 amide bonds. The van der Waals surface area contributed by atoms with Crippen LogP contribution in [0.5, 0.6) is 5.75 Å². The minimum atomic E-state index is -0.328. The monoisotopic (exact) mass is 389 g/mol. The predicted molar refractivity (Wildman–Crippen MR) is 117 cm³/mol. The van der Waals surface area contributed by atoms with Gasteiger partial charge in [0.1, 0.15) is 11.9 Å². The number of anilines is 1. The highest BCUT2D eigenvalue weighted by Crippen LogP contribution is 2.34. The van der Waals surface area contributed by atoms with Gasteiger partial charge in [-0.25, -0.2) is 4.79 Å². The zero-order valence-corrected chi connectivity index (χ0v) is 17.0.